The molecule has 2 rings (SSSR count). The lowest BCUT2D eigenvalue weighted by atomic mass is 10.0. The van der Waals surface area contributed by atoms with E-state index in [0.29, 0.717) is 6.04 Å². The van der Waals surface area contributed by atoms with Crippen LogP contribution in [-0.2, 0) is 0 Å². The molecule has 0 saturated carbocycles. The Kier molecular flexibility index (Phi) is 3.44. The number of aliphatic hydroxyl groups is 1. The number of aromatic nitrogens is 1. The van der Waals surface area contributed by atoms with Gasteiger partial charge in [-0.05, 0) is 44.7 Å². The third-order valence-electron chi connectivity index (χ3n) is 3.35. The standard InChI is InChI=1S/C13H20N2O/c1-10-5-3-4-8-15(10)13-7-6-12(9-14-13)11(2)16/h6-7,9-11,16H,3-5,8H2,1-2H3/t10?,11-/m0/s1. The van der Waals surface area contributed by atoms with E-state index in [1.807, 2.05) is 12.1 Å². The van der Waals surface area contributed by atoms with Gasteiger partial charge >= 0.3 is 0 Å². The van der Waals surface area contributed by atoms with Gasteiger partial charge in [0.15, 0.2) is 0 Å². The molecule has 0 spiro atoms. The lowest BCUT2D eigenvalue weighted by molar-refractivity contribution is 0.199. The van der Waals surface area contributed by atoms with E-state index in [1.54, 1.807) is 13.1 Å². The summed E-state index contributed by atoms with van der Waals surface area (Å²) in [6.07, 6.45) is 5.18. The van der Waals surface area contributed by atoms with Gasteiger partial charge in [0.25, 0.3) is 0 Å². The molecule has 1 aliphatic heterocycles. The van der Waals surface area contributed by atoms with Crippen molar-refractivity contribution >= 4 is 5.82 Å². The molecular weight excluding hydrogens is 200 g/mol. The fraction of sp³-hybridized carbons (Fsp3) is 0.615. The van der Waals surface area contributed by atoms with Crippen LogP contribution in [0.5, 0.6) is 0 Å². The van der Waals surface area contributed by atoms with E-state index < -0.39 is 6.10 Å². The van der Waals surface area contributed by atoms with Crippen LogP contribution in [0.25, 0.3) is 0 Å². The Hall–Kier alpha value is -1.09. The number of hydrogen-bond donors (Lipinski definition) is 1. The molecule has 16 heavy (non-hydrogen) atoms. The molecule has 1 aliphatic rings. The Morgan fingerprint density at radius 1 is 1.44 bits per heavy atom. The highest BCUT2D eigenvalue weighted by Crippen LogP contribution is 2.23. The minimum Gasteiger partial charge on any atom is -0.389 e. The van der Waals surface area contributed by atoms with Crippen molar-refractivity contribution in [1.82, 2.24) is 4.98 Å². The van der Waals surface area contributed by atoms with Crippen molar-refractivity contribution in [1.29, 1.82) is 0 Å². The molecule has 3 nitrogen and oxygen atoms in total. The predicted octanol–water partition coefficient (Wildman–Crippen LogP) is 2.51. The SMILES string of the molecule is CC1CCCCN1c1ccc([C@H](C)O)cn1. The zero-order valence-corrected chi connectivity index (χ0v) is 10.1. The van der Waals surface area contributed by atoms with Gasteiger partial charge in [0.1, 0.15) is 5.82 Å². The third kappa shape index (κ3) is 2.35. The van der Waals surface area contributed by atoms with Crippen LogP contribution in [0.15, 0.2) is 18.3 Å². The Morgan fingerprint density at radius 2 is 2.25 bits per heavy atom. The van der Waals surface area contributed by atoms with Crippen LogP contribution in [-0.4, -0.2) is 22.7 Å². The van der Waals surface area contributed by atoms with E-state index in [2.05, 4.69) is 16.8 Å². The van der Waals surface area contributed by atoms with Gasteiger partial charge in [-0.1, -0.05) is 6.07 Å². The van der Waals surface area contributed by atoms with E-state index >= 15 is 0 Å². The number of aliphatic hydroxyl groups excluding tert-OH is 1. The molecule has 0 bridgehead atoms. The molecule has 0 aliphatic carbocycles. The van der Waals surface area contributed by atoms with Crippen molar-refractivity contribution in [3.05, 3.63) is 23.9 Å². The summed E-state index contributed by atoms with van der Waals surface area (Å²) in [5.74, 6) is 1.04. The molecule has 2 heterocycles. The first-order valence-corrected chi connectivity index (χ1v) is 6.09. The van der Waals surface area contributed by atoms with Crippen LogP contribution in [0.3, 0.4) is 0 Å². The summed E-state index contributed by atoms with van der Waals surface area (Å²) in [7, 11) is 0. The molecule has 1 N–H and O–H groups in total. The quantitative estimate of drug-likeness (QED) is 0.832. The molecular formula is C13H20N2O. The second-order valence-corrected chi connectivity index (χ2v) is 4.66. The molecule has 1 aromatic heterocycles. The van der Waals surface area contributed by atoms with Gasteiger partial charge in [0.2, 0.25) is 0 Å². The van der Waals surface area contributed by atoms with Gasteiger partial charge in [0, 0.05) is 18.8 Å². The van der Waals surface area contributed by atoms with Gasteiger partial charge in [-0.3, -0.25) is 0 Å². The Bertz CT molecular complexity index is 334. The number of nitrogens with zero attached hydrogens (tertiary/aromatic N) is 2. The number of pyridine rings is 1. The smallest absolute Gasteiger partial charge is 0.128 e. The second-order valence-electron chi connectivity index (χ2n) is 4.66. The Morgan fingerprint density at radius 3 is 2.81 bits per heavy atom. The summed E-state index contributed by atoms with van der Waals surface area (Å²) in [5, 5.41) is 9.42. The summed E-state index contributed by atoms with van der Waals surface area (Å²) in [4.78, 5) is 6.80. The van der Waals surface area contributed by atoms with Crippen molar-refractivity contribution in [2.45, 2.75) is 45.3 Å². The first-order valence-electron chi connectivity index (χ1n) is 6.09. The van der Waals surface area contributed by atoms with Crippen LogP contribution in [0.1, 0.15) is 44.8 Å². The molecule has 1 saturated heterocycles. The van der Waals surface area contributed by atoms with Crippen LogP contribution < -0.4 is 4.90 Å². The minimum atomic E-state index is -0.430. The molecule has 0 aromatic carbocycles. The monoisotopic (exact) mass is 220 g/mol. The van der Waals surface area contributed by atoms with E-state index in [0.717, 1.165) is 17.9 Å². The zero-order chi connectivity index (χ0) is 11.5. The maximum Gasteiger partial charge on any atom is 0.128 e. The molecule has 0 amide bonds. The highest BCUT2D eigenvalue weighted by molar-refractivity contribution is 5.41. The summed E-state index contributed by atoms with van der Waals surface area (Å²) in [6.45, 7) is 5.12. The summed E-state index contributed by atoms with van der Waals surface area (Å²) >= 11 is 0. The van der Waals surface area contributed by atoms with Crippen LogP contribution >= 0.6 is 0 Å². The van der Waals surface area contributed by atoms with E-state index in [1.165, 1.54) is 19.3 Å². The minimum absolute atomic E-state index is 0.430. The fourth-order valence-electron chi connectivity index (χ4n) is 2.25. The van der Waals surface area contributed by atoms with Gasteiger partial charge in [-0.15, -0.1) is 0 Å². The Balaban J connectivity index is 2.14. The molecule has 3 heteroatoms. The first-order chi connectivity index (χ1) is 7.68. The molecule has 88 valence electrons. The molecule has 1 aromatic rings. The van der Waals surface area contributed by atoms with Crippen molar-refractivity contribution < 1.29 is 5.11 Å². The van der Waals surface area contributed by atoms with Gasteiger partial charge < -0.3 is 10.0 Å². The second kappa shape index (κ2) is 4.83. The van der Waals surface area contributed by atoms with Crippen molar-refractivity contribution in [2.24, 2.45) is 0 Å². The van der Waals surface area contributed by atoms with E-state index in [4.69, 9.17) is 0 Å². The van der Waals surface area contributed by atoms with E-state index in [9.17, 15) is 5.11 Å². The fourth-order valence-corrected chi connectivity index (χ4v) is 2.25. The van der Waals surface area contributed by atoms with Crippen molar-refractivity contribution in [3.63, 3.8) is 0 Å². The molecule has 1 unspecified atom stereocenters. The van der Waals surface area contributed by atoms with Crippen molar-refractivity contribution in [3.8, 4) is 0 Å². The number of hydrogen-bond acceptors (Lipinski definition) is 3. The number of anilines is 1. The molecule has 1 fully saturated rings. The third-order valence-corrected chi connectivity index (χ3v) is 3.35. The van der Waals surface area contributed by atoms with Crippen LogP contribution in [0, 0.1) is 0 Å². The Labute approximate surface area is 97.1 Å². The maximum atomic E-state index is 9.42. The highest BCUT2D eigenvalue weighted by atomic mass is 16.3. The number of piperidine rings is 1. The molecule has 0 radical (unpaired) electrons. The lowest BCUT2D eigenvalue weighted by Crippen LogP contribution is -2.37. The highest BCUT2D eigenvalue weighted by Gasteiger charge is 2.19. The summed E-state index contributed by atoms with van der Waals surface area (Å²) < 4.78 is 0. The normalized spacial score (nSPS) is 23.2. The predicted molar refractivity (Wildman–Crippen MR) is 65.5 cm³/mol. The average Bonchev–Trinajstić information content (AvgIpc) is 2.30. The average molecular weight is 220 g/mol. The topological polar surface area (TPSA) is 36.4 Å². The van der Waals surface area contributed by atoms with E-state index in [-0.39, 0.29) is 0 Å². The van der Waals surface area contributed by atoms with Gasteiger partial charge in [-0.2, -0.15) is 0 Å². The van der Waals surface area contributed by atoms with Crippen LogP contribution in [0.4, 0.5) is 5.82 Å². The molecule has 2 atom stereocenters. The largest absolute Gasteiger partial charge is 0.389 e. The van der Waals surface area contributed by atoms with Gasteiger partial charge in [0.05, 0.1) is 6.10 Å². The first kappa shape index (κ1) is 11.4. The van der Waals surface area contributed by atoms with Crippen molar-refractivity contribution in [2.75, 3.05) is 11.4 Å². The maximum absolute atomic E-state index is 9.42. The summed E-state index contributed by atoms with van der Waals surface area (Å²) in [5.41, 5.74) is 0.883. The lowest BCUT2D eigenvalue weighted by Gasteiger charge is -2.34. The summed E-state index contributed by atoms with van der Waals surface area (Å²) in [6, 6.07) is 4.57. The van der Waals surface area contributed by atoms with Gasteiger partial charge in [-0.25, -0.2) is 4.98 Å². The zero-order valence-electron chi connectivity index (χ0n) is 10.1. The number of rotatable bonds is 2. The van der Waals surface area contributed by atoms with Crippen LogP contribution in [0.2, 0.25) is 0 Å².